The van der Waals surface area contributed by atoms with Gasteiger partial charge in [0.2, 0.25) is 0 Å². The van der Waals surface area contributed by atoms with Crippen LogP contribution < -0.4 is 5.32 Å². The van der Waals surface area contributed by atoms with E-state index >= 15 is 0 Å². The summed E-state index contributed by atoms with van der Waals surface area (Å²) < 4.78 is 7.19. The maximum Gasteiger partial charge on any atom is 0.318 e. The summed E-state index contributed by atoms with van der Waals surface area (Å²) in [5, 5.41) is 11.2. The molecule has 25 heavy (non-hydrogen) atoms. The van der Waals surface area contributed by atoms with Gasteiger partial charge in [0.25, 0.3) is 0 Å². The predicted octanol–water partition coefficient (Wildman–Crippen LogP) is 3.07. The average Bonchev–Trinajstić information content (AvgIpc) is 3.25. The number of aryl methyl sites for hydroxylation is 1. The van der Waals surface area contributed by atoms with Crippen molar-refractivity contribution < 1.29 is 9.21 Å². The molecule has 3 aromatic rings. The Morgan fingerprint density at radius 3 is 2.72 bits per heavy atom. The lowest BCUT2D eigenvalue weighted by Gasteiger charge is -2.19. The summed E-state index contributed by atoms with van der Waals surface area (Å²) >= 11 is 0. The van der Waals surface area contributed by atoms with Crippen molar-refractivity contribution in [2.24, 2.45) is 0 Å². The highest BCUT2D eigenvalue weighted by Gasteiger charge is 2.17. The molecule has 0 bridgehead atoms. The van der Waals surface area contributed by atoms with Crippen molar-refractivity contribution in [3.8, 4) is 5.69 Å². The number of amides is 2. The fourth-order valence-electron chi connectivity index (χ4n) is 2.43. The van der Waals surface area contributed by atoms with E-state index < -0.39 is 0 Å². The number of furan rings is 1. The van der Waals surface area contributed by atoms with Crippen LogP contribution in [-0.4, -0.2) is 33.0 Å². The molecule has 0 spiro atoms. The van der Waals surface area contributed by atoms with E-state index in [9.17, 15) is 4.79 Å². The summed E-state index contributed by atoms with van der Waals surface area (Å²) in [6, 6.07) is 13.0. The zero-order chi connectivity index (χ0) is 17.8. The number of rotatable bonds is 5. The summed E-state index contributed by atoms with van der Waals surface area (Å²) in [6.07, 6.45) is 1.82. The minimum atomic E-state index is -0.259. The summed E-state index contributed by atoms with van der Waals surface area (Å²) in [5.41, 5.74) is 1.62. The van der Waals surface area contributed by atoms with Crippen LogP contribution in [0.5, 0.6) is 0 Å². The number of carbonyl (C=O) groups is 1. The molecular weight excluding hydrogens is 318 g/mol. The van der Waals surface area contributed by atoms with Gasteiger partial charge in [0.15, 0.2) is 0 Å². The number of carbonyl (C=O) groups excluding carboxylic acids is 1. The third-order valence-electron chi connectivity index (χ3n) is 3.85. The topological polar surface area (TPSA) is 76.2 Å². The SMILES string of the molecule is Cc1ccc(CN(C)C(=O)N[C@@H](C)c2cn(-c3ccccc3)nn2)o1. The van der Waals surface area contributed by atoms with Crippen molar-refractivity contribution in [1.29, 1.82) is 0 Å². The first-order valence-electron chi connectivity index (χ1n) is 8.07. The van der Waals surface area contributed by atoms with Crippen molar-refractivity contribution in [2.75, 3.05) is 7.05 Å². The summed E-state index contributed by atoms with van der Waals surface area (Å²) in [4.78, 5) is 13.9. The van der Waals surface area contributed by atoms with Crippen molar-refractivity contribution in [3.05, 3.63) is 65.9 Å². The molecular formula is C18H21N5O2. The summed E-state index contributed by atoms with van der Waals surface area (Å²) in [7, 11) is 1.72. The van der Waals surface area contributed by atoms with Crippen LogP contribution in [0.4, 0.5) is 4.79 Å². The Labute approximate surface area is 146 Å². The molecule has 0 aliphatic rings. The van der Waals surface area contributed by atoms with E-state index in [0.717, 1.165) is 17.2 Å². The zero-order valence-corrected chi connectivity index (χ0v) is 14.5. The van der Waals surface area contributed by atoms with Gasteiger partial charge in [0, 0.05) is 7.05 Å². The number of urea groups is 1. The number of hydrogen-bond donors (Lipinski definition) is 1. The highest BCUT2D eigenvalue weighted by molar-refractivity contribution is 5.74. The second kappa shape index (κ2) is 7.21. The minimum absolute atomic E-state index is 0.198. The maximum absolute atomic E-state index is 12.3. The van der Waals surface area contributed by atoms with E-state index in [1.165, 1.54) is 0 Å². The van der Waals surface area contributed by atoms with Crippen molar-refractivity contribution >= 4 is 6.03 Å². The van der Waals surface area contributed by atoms with Gasteiger partial charge in [-0.1, -0.05) is 23.4 Å². The Bertz CT molecular complexity index is 840. The second-order valence-electron chi connectivity index (χ2n) is 5.96. The van der Waals surface area contributed by atoms with Gasteiger partial charge in [-0.2, -0.15) is 0 Å². The highest BCUT2D eigenvalue weighted by atomic mass is 16.3. The molecule has 130 valence electrons. The summed E-state index contributed by atoms with van der Waals surface area (Å²) in [6.45, 7) is 4.16. The average molecular weight is 339 g/mol. The molecule has 0 saturated carbocycles. The molecule has 2 heterocycles. The van der Waals surface area contributed by atoms with Crippen LogP contribution in [0.15, 0.2) is 53.1 Å². The molecule has 0 unspecified atom stereocenters. The van der Waals surface area contributed by atoms with E-state index in [0.29, 0.717) is 12.2 Å². The van der Waals surface area contributed by atoms with E-state index in [1.807, 2.05) is 62.5 Å². The molecule has 0 aliphatic carbocycles. The highest BCUT2D eigenvalue weighted by Crippen LogP contribution is 2.13. The Balaban J connectivity index is 1.60. The first-order chi connectivity index (χ1) is 12.0. The molecule has 0 radical (unpaired) electrons. The number of nitrogens with zero attached hydrogens (tertiary/aromatic N) is 4. The number of aromatic nitrogens is 3. The predicted molar refractivity (Wildman–Crippen MR) is 93.2 cm³/mol. The number of para-hydroxylation sites is 1. The van der Waals surface area contributed by atoms with Gasteiger partial charge in [-0.15, -0.1) is 5.10 Å². The molecule has 2 aromatic heterocycles. The van der Waals surface area contributed by atoms with Crippen molar-refractivity contribution in [1.82, 2.24) is 25.2 Å². The van der Waals surface area contributed by atoms with Gasteiger partial charge in [-0.05, 0) is 38.1 Å². The molecule has 1 aromatic carbocycles. The Morgan fingerprint density at radius 2 is 2.04 bits per heavy atom. The first kappa shape index (κ1) is 16.8. The third kappa shape index (κ3) is 4.06. The van der Waals surface area contributed by atoms with E-state index in [-0.39, 0.29) is 12.1 Å². The lowest BCUT2D eigenvalue weighted by atomic mass is 10.2. The van der Waals surface area contributed by atoms with E-state index in [4.69, 9.17) is 4.42 Å². The van der Waals surface area contributed by atoms with Gasteiger partial charge in [0.1, 0.15) is 17.2 Å². The molecule has 7 nitrogen and oxygen atoms in total. The van der Waals surface area contributed by atoms with Gasteiger partial charge < -0.3 is 14.6 Å². The molecule has 3 rings (SSSR count). The molecule has 7 heteroatoms. The Kier molecular flexibility index (Phi) is 4.83. The van der Waals surface area contributed by atoms with Crippen LogP contribution in [0.2, 0.25) is 0 Å². The molecule has 1 atom stereocenters. The van der Waals surface area contributed by atoms with Crippen LogP contribution in [-0.2, 0) is 6.54 Å². The van der Waals surface area contributed by atoms with E-state index in [2.05, 4.69) is 15.6 Å². The zero-order valence-electron chi connectivity index (χ0n) is 14.5. The van der Waals surface area contributed by atoms with Gasteiger partial charge in [0.05, 0.1) is 24.5 Å². The molecule has 0 fully saturated rings. The molecule has 1 N–H and O–H groups in total. The van der Waals surface area contributed by atoms with E-state index in [1.54, 1.807) is 16.6 Å². The standard InChI is InChI=1S/C18H21N5O2/c1-13-9-10-16(25-13)11-22(3)18(24)19-14(2)17-12-23(21-20-17)15-7-5-4-6-8-15/h4-10,12,14H,11H2,1-3H3,(H,19,24)/t14-/m0/s1. The Hall–Kier alpha value is -3.09. The largest absolute Gasteiger partial charge is 0.464 e. The van der Waals surface area contributed by atoms with Gasteiger partial charge >= 0.3 is 6.03 Å². The van der Waals surface area contributed by atoms with Crippen molar-refractivity contribution in [2.45, 2.75) is 26.4 Å². The van der Waals surface area contributed by atoms with Crippen LogP contribution in [0.1, 0.15) is 30.2 Å². The van der Waals surface area contributed by atoms with Crippen LogP contribution >= 0.6 is 0 Å². The fourth-order valence-corrected chi connectivity index (χ4v) is 2.43. The smallest absolute Gasteiger partial charge is 0.318 e. The minimum Gasteiger partial charge on any atom is -0.464 e. The van der Waals surface area contributed by atoms with Crippen molar-refractivity contribution in [3.63, 3.8) is 0 Å². The van der Waals surface area contributed by atoms with Crippen LogP contribution in [0.25, 0.3) is 5.69 Å². The summed E-state index contributed by atoms with van der Waals surface area (Å²) in [5.74, 6) is 1.58. The van der Waals surface area contributed by atoms with Gasteiger partial charge in [-0.25, -0.2) is 9.48 Å². The van der Waals surface area contributed by atoms with Gasteiger partial charge in [-0.3, -0.25) is 0 Å². The lowest BCUT2D eigenvalue weighted by Crippen LogP contribution is -2.38. The number of nitrogens with one attached hydrogen (secondary N) is 1. The second-order valence-corrected chi connectivity index (χ2v) is 5.96. The monoisotopic (exact) mass is 339 g/mol. The number of hydrogen-bond acceptors (Lipinski definition) is 4. The van der Waals surface area contributed by atoms with Crippen LogP contribution in [0.3, 0.4) is 0 Å². The first-order valence-corrected chi connectivity index (χ1v) is 8.07. The molecule has 0 aliphatic heterocycles. The lowest BCUT2D eigenvalue weighted by molar-refractivity contribution is 0.199. The maximum atomic E-state index is 12.3. The van der Waals surface area contributed by atoms with Crippen LogP contribution in [0, 0.1) is 6.92 Å². The fraction of sp³-hybridized carbons (Fsp3) is 0.278. The number of benzene rings is 1. The normalized spacial score (nSPS) is 12.0. The molecule has 0 saturated heterocycles. The third-order valence-corrected chi connectivity index (χ3v) is 3.85. The molecule has 2 amide bonds. The quantitative estimate of drug-likeness (QED) is 0.775. The Morgan fingerprint density at radius 1 is 1.28 bits per heavy atom.